The molecule has 5 aromatic rings. The summed E-state index contributed by atoms with van der Waals surface area (Å²) >= 11 is 0. The van der Waals surface area contributed by atoms with Crippen molar-refractivity contribution in [1.29, 1.82) is 0 Å². The van der Waals surface area contributed by atoms with Crippen molar-refractivity contribution in [2.75, 3.05) is 37.0 Å². The maximum atomic E-state index is 13.4. The van der Waals surface area contributed by atoms with Crippen molar-refractivity contribution in [2.45, 2.75) is 74.6 Å². The van der Waals surface area contributed by atoms with E-state index in [0.29, 0.717) is 0 Å². The van der Waals surface area contributed by atoms with Crippen molar-refractivity contribution in [3.8, 4) is 0 Å². The van der Waals surface area contributed by atoms with Gasteiger partial charge in [-0.1, -0.05) is 0 Å². The van der Waals surface area contributed by atoms with Gasteiger partial charge in [0, 0.05) is 25.5 Å². The Morgan fingerprint density at radius 2 is 1.22 bits per heavy atom. The molecule has 0 aliphatic carbocycles. The van der Waals surface area contributed by atoms with E-state index < -0.39 is 108 Å². The molecule has 29 nitrogen and oxygen atoms in total. The molecule has 0 radical (unpaired) electrons. The summed E-state index contributed by atoms with van der Waals surface area (Å²) in [5.41, 5.74) is 14.8. The Morgan fingerprint density at radius 3 is 1.77 bits per heavy atom. The highest BCUT2D eigenvalue weighted by molar-refractivity contribution is 7.47. The minimum Gasteiger partial charge on any atom is -0.394 e. The predicted octanol–water partition coefficient (Wildman–Crippen LogP) is -2.52. The van der Waals surface area contributed by atoms with Crippen LogP contribution in [-0.2, 0) is 41.4 Å². The molecule has 8 heterocycles. The molecular weight excluding hydrogens is 848 g/mol. The van der Waals surface area contributed by atoms with E-state index >= 15 is 0 Å². The number of nitrogens with one attached hydrogen (secondary N) is 2. The number of hydrogen-bond donors (Lipinski definition) is 9. The predicted molar refractivity (Wildman–Crippen MR) is 198 cm³/mol. The number of imidazole rings is 2. The third-order valence-electron chi connectivity index (χ3n) is 9.77. The zero-order chi connectivity index (χ0) is 42.7. The topological polar surface area (TPSA) is 420 Å². The standard InChI is InChI=1S/C29H37N13O16P2/c30-17-1-2-40(29(47)35-17)19-4-12(14(6-43)54-19)57-60(50,51)53-8-16-13(5-20(56-16)42-10-34-22-24(42)37-28(32)39-26(22)46)58-59(48,49)52-7-15-11(44)3-18(55-15)41-9-33-21-23(41)36-27(31)38-25(21)45/h1-2,9-16,18-20,43-44H,3-8H2,(H,48,49)(H,50,51)(H2,30,35,47)(H3,31,36,38,45)(H3,32,37,39,46)/t11-,12-,13-,14+,15+,16+,18+,19+,20+/m0/s1. The summed E-state index contributed by atoms with van der Waals surface area (Å²) in [5.74, 6) is -0.485. The lowest BCUT2D eigenvalue weighted by Crippen LogP contribution is -2.31. The molecule has 3 aliphatic rings. The minimum atomic E-state index is -5.08. The second kappa shape index (κ2) is 16.1. The van der Waals surface area contributed by atoms with E-state index in [-0.39, 0.29) is 59.3 Å². The number of hydrogen-bond acceptors (Lipinski definition) is 22. The fraction of sp³-hybridized carbons (Fsp3) is 0.517. The van der Waals surface area contributed by atoms with E-state index in [9.17, 15) is 43.5 Å². The van der Waals surface area contributed by atoms with Crippen LogP contribution in [0.25, 0.3) is 22.3 Å². The lowest BCUT2D eigenvalue weighted by atomic mass is 10.2. The number of anilines is 3. The van der Waals surface area contributed by atoms with Crippen molar-refractivity contribution in [2.24, 2.45) is 0 Å². The molecule has 324 valence electrons. The molecule has 11 atom stereocenters. The van der Waals surface area contributed by atoms with E-state index in [1.807, 2.05) is 0 Å². The van der Waals surface area contributed by atoms with Crippen molar-refractivity contribution < 1.29 is 61.4 Å². The lowest BCUT2D eigenvalue weighted by Gasteiger charge is -2.24. The van der Waals surface area contributed by atoms with Gasteiger partial charge < -0.3 is 51.4 Å². The molecule has 0 bridgehead atoms. The molecule has 12 N–H and O–H groups in total. The largest absolute Gasteiger partial charge is 0.472 e. The molecule has 3 fully saturated rings. The van der Waals surface area contributed by atoms with Gasteiger partial charge in [0.1, 0.15) is 55.0 Å². The molecule has 0 saturated carbocycles. The number of rotatable bonds is 14. The summed E-state index contributed by atoms with van der Waals surface area (Å²) in [4.78, 5) is 83.2. The first kappa shape index (κ1) is 41.7. The van der Waals surface area contributed by atoms with E-state index in [0.717, 1.165) is 4.57 Å². The van der Waals surface area contributed by atoms with Crippen molar-refractivity contribution in [1.82, 2.24) is 48.6 Å². The van der Waals surface area contributed by atoms with Crippen LogP contribution in [0.1, 0.15) is 37.9 Å². The van der Waals surface area contributed by atoms with E-state index in [1.165, 1.54) is 34.1 Å². The zero-order valence-corrected chi connectivity index (χ0v) is 32.4. The highest BCUT2D eigenvalue weighted by Crippen LogP contribution is 2.52. The van der Waals surface area contributed by atoms with E-state index in [2.05, 4.69) is 34.9 Å². The van der Waals surface area contributed by atoms with Crippen molar-refractivity contribution in [3.05, 3.63) is 56.1 Å². The van der Waals surface area contributed by atoms with Gasteiger partial charge in [0.25, 0.3) is 11.1 Å². The van der Waals surface area contributed by atoms with Crippen LogP contribution in [0.2, 0.25) is 0 Å². The number of aromatic amines is 2. The van der Waals surface area contributed by atoms with Gasteiger partial charge in [-0.2, -0.15) is 15.0 Å². The summed E-state index contributed by atoms with van der Waals surface area (Å²) in [6.07, 6.45) is -7.66. The van der Waals surface area contributed by atoms with Gasteiger partial charge in [0.15, 0.2) is 22.3 Å². The number of aliphatic hydroxyl groups is 2. The first-order valence-electron chi connectivity index (χ1n) is 17.8. The maximum Gasteiger partial charge on any atom is 0.472 e. The number of nitrogens with two attached hydrogens (primary N) is 3. The summed E-state index contributed by atoms with van der Waals surface area (Å²) in [5, 5.41) is 20.7. The smallest absolute Gasteiger partial charge is 0.394 e. The number of nitrogens with zero attached hydrogens (tertiary/aromatic N) is 8. The molecule has 0 spiro atoms. The number of H-pyrrole nitrogens is 2. The molecule has 3 aliphatic heterocycles. The molecular formula is C29H37N13O16P2. The summed E-state index contributed by atoms with van der Waals surface area (Å²) in [6, 6.07) is 1.33. The number of nitrogen functional groups attached to an aromatic ring is 3. The highest BCUT2D eigenvalue weighted by atomic mass is 31.2. The van der Waals surface area contributed by atoms with Crippen LogP contribution in [-0.4, -0.2) is 125 Å². The van der Waals surface area contributed by atoms with E-state index in [1.54, 1.807) is 0 Å². The molecule has 0 aromatic carbocycles. The molecule has 8 rings (SSSR count). The van der Waals surface area contributed by atoms with Gasteiger partial charge in [-0.25, -0.2) is 23.9 Å². The Labute approximate surface area is 333 Å². The quantitative estimate of drug-likeness (QED) is 0.0519. The third kappa shape index (κ3) is 8.48. The average molecular weight is 886 g/mol. The van der Waals surface area contributed by atoms with Crippen LogP contribution < -0.4 is 34.0 Å². The number of phosphoric acid groups is 2. The van der Waals surface area contributed by atoms with Crippen LogP contribution in [0.4, 0.5) is 17.7 Å². The Balaban J connectivity index is 0.957. The Morgan fingerprint density at radius 1 is 0.733 bits per heavy atom. The summed E-state index contributed by atoms with van der Waals surface area (Å²) < 4.78 is 69.3. The molecule has 3 saturated heterocycles. The lowest BCUT2D eigenvalue weighted by molar-refractivity contribution is -0.0604. The first-order chi connectivity index (χ1) is 28.5. The monoisotopic (exact) mass is 885 g/mol. The fourth-order valence-corrected chi connectivity index (χ4v) is 8.93. The zero-order valence-electron chi connectivity index (χ0n) is 30.6. The summed E-state index contributed by atoms with van der Waals surface area (Å²) in [6.45, 7) is -2.17. The van der Waals surface area contributed by atoms with Crippen LogP contribution >= 0.6 is 15.6 Å². The second-order valence-corrected chi connectivity index (χ2v) is 16.6. The first-order valence-corrected chi connectivity index (χ1v) is 20.8. The molecule has 5 aromatic heterocycles. The van der Waals surface area contributed by atoms with Gasteiger partial charge >= 0.3 is 21.3 Å². The van der Waals surface area contributed by atoms with Gasteiger partial charge in [-0.15, -0.1) is 0 Å². The number of aromatic nitrogens is 10. The number of fused-ring (bicyclic) bond motifs is 2. The van der Waals surface area contributed by atoms with Crippen LogP contribution in [0.5, 0.6) is 0 Å². The van der Waals surface area contributed by atoms with Crippen LogP contribution in [0, 0.1) is 0 Å². The molecule has 31 heteroatoms. The molecule has 60 heavy (non-hydrogen) atoms. The average Bonchev–Trinajstić information content (AvgIpc) is 4.00. The Kier molecular flexibility index (Phi) is 11.2. The highest BCUT2D eigenvalue weighted by Gasteiger charge is 2.46. The minimum absolute atomic E-state index is 0.0301. The Bertz CT molecular complexity index is 2690. The fourth-order valence-electron chi connectivity index (χ4n) is 7.01. The van der Waals surface area contributed by atoms with Gasteiger partial charge in [-0.05, 0) is 6.07 Å². The second-order valence-electron chi connectivity index (χ2n) is 13.8. The SMILES string of the molecule is Nc1ccn([C@H]2C[C@H](OP(=O)(O)OC[C@H]3O[C@@H](n4cnc5c(=O)[nH]c(N)nc54)C[C@@H]3OP(=O)(O)OC[C@H]3O[C@@H](n4cnc5c(=O)[nH]c(N)nc54)C[C@@H]3O)[C@@H](CO)O2)c(=O)n1. The molecule has 0 amide bonds. The number of phosphoric ester groups is 2. The normalized spacial score (nSPS) is 29.0. The number of aliphatic hydroxyl groups excluding tert-OH is 2. The van der Waals surface area contributed by atoms with Crippen LogP contribution in [0.3, 0.4) is 0 Å². The van der Waals surface area contributed by atoms with Crippen LogP contribution in [0.15, 0.2) is 39.3 Å². The van der Waals surface area contributed by atoms with Crippen molar-refractivity contribution >= 4 is 55.7 Å². The van der Waals surface area contributed by atoms with Gasteiger partial charge in [-0.3, -0.25) is 51.4 Å². The third-order valence-corrected chi connectivity index (χ3v) is 11.8. The summed E-state index contributed by atoms with van der Waals surface area (Å²) in [7, 11) is -10.1. The molecule has 2 unspecified atom stereocenters. The van der Waals surface area contributed by atoms with Gasteiger partial charge in [0.2, 0.25) is 11.9 Å². The van der Waals surface area contributed by atoms with E-state index in [4.69, 9.17) is 49.5 Å². The van der Waals surface area contributed by atoms with Gasteiger partial charge in [0.05, 0.1) is 38.6 Å². The Hall–Kier alpha value is -5.00. The van der Waals surface area contributed by atoms with Crippen molar-refractivity contribution in [3.63, 3.8) is 0 Å². The maximum absolute atomic E-state index is 13.4. The number of ether oxygens (including phenoxy) is 3.